The number of fused-ring (bicyclic) bond motifs is 1. The normalized spacial score (nSPS) is 17.2. The molecule has 0 radical (unpaired) electrons. The number of anilines is 1. The molecule has 0 saturated heterocycles. The lowest BCUT2D eigenvalue weighted by atomic mass is 9.89. The zero-order chi connectivity index (χ0) is 17.2. The van der Waals surface area contributed by atoms with Gasteiger partial charge in [0, 0.05) is 22.5 Å². The van der Waals surface area contributed by atoms with Gasteiger partial charge in [-0.1, -0.05) is 25.3 Å². The Morgan fingerprint density at radius 3 is 2.96 bits per heavy atom. The first kappa shape index (κ1) is 16.3. The minimum Gasteiger partial charge on any atom is -0.349 e. The molecule has 25 heavy (non-hydrogen) atoms. The standard InChI is InChI=1S/C19H21N3O2S/c23-17-9-14-8-13(6-7-15(14)21-17)16-11-25-18(22-16)10-20-19(24)12-4-2-1-3-5-12/h6-8,11-12H,1-5,9-10H2,(H,20,24)(H,21,23). The van der Waals surface area contributed by atoms with Crippen molar-refractivity contribution in [1.82, 2.24) is 10.3 Å². The van der Waals surface area contributed by atoms with Crippen LogP contribution < -0.4 is 10.6 Å². The molecule has 0 unspecified atom stereocenters. The van der Waals surface area contributed by atoms with Crippen LogP contribution in [0.15, 0.2) is 23.6 Å². The number of carbonyl (C=O) groups excluding carboxylic acids is 2. The van der Waals surface area contributed by atoms with Gasteiger partial charge in [0.05, 0.1) is 18.7 Å². The summed E-state index contributed by atoms with van der Waals surface area (Å²) in [5, 5.41) is 8.80. The molecule has 4 rings (SSSR count). The second-order valence-electron chi connectivity index (χ2n) is 6.78. The summed E-state index contributed by atoms with van der Waals surface area (Å²) in [5.41, 5.74) is 3.82. The van der Waals surface area contributed by atoms with Gasteiger partial charge in [0.25, 0.3) is 0 Å². The number of amides is 2. The first-order chi connectivity index (χ1) is 12.2. The molecule has 0 atom stereocenters. The van der Waals surface area contributed by atoms with E-state index in [0.29, 0.717) is 13.0 Å². The molecule has 2 aromatic rings. The lowest BCUT2D eigenvalue weighted by Crippen LogP contribution is -2.31. The highest BCUT2D eigenvalue weighted by Crippen LogP contribution is 2.30. The number of rotatable bonds is 4. The molecule has 2 amide bonds. The maximum Gasteiger partial charge on any atom is 0.228 e. The smallest absolute Gasteiger partial charge is 0.228 e. The molecule has 0 bridgehead atoms. The van der Waals surface area contributed by atoms with Crippen LogP contribution in [0.1, 0.15) is 42.7 Å². The van der Waals surface area contributed by atoms with Crippen LogP contribution in [-0.4, -0.2) is 16.8 Å². The van der Waals surface area contributed by atoms with Crippen molar-refractivity contribution in [3.05, 3.63) is 34.2 Å². The van der Waals surface area contributed by atoms with Gasteiger partial charge >= 0.3 is 0 Å². The number of benzene rings is 1. The summed E-state index contributed by atoms with van der Waals surface area (Å²) in [6, 6.07) is 5.93. The Labute approximate surface area is 150 Å². The SMILES string of the molecule is O=C1Cc2cc(-c3csc(CNC(=O)C4CCCCC4)n3)ccc2N1. The van der Waals surface area contributed by atoms with Gasteiger partial charge in [0.2, 0.25) is 11.8 Å². The van der Waals surface area contributed by atoms with E-state index in [-0.39, 0.29) is 17.7 Å². The summed E-state index contributed by atoms with van der Waals surface area (Å²) >= 11 is 1.56. The van der Waals surface area contributed by atoms with Crippen molar-refractivity contribution in [2.75, 3.05) is 5.32 Å². The molecule has 1 fully saturated rings. The van der Waals surface area contributed by atoms with Crippen molar-refractivity contribution >= 4 is 28.8 Å². The Morgan fingerprint density at radius 1 is 1.28 bits per heavy atom. The zero-order valence-electron chi connectivity index (χ0n) is 14.0. The van der Waals surface area contributed by atoms with Crippen LogP contribution in [0.3, 0.4) is 0 Å². The third-order valence-electron chi connectivity index (χ3n) is 4.97. The van der Waals surface area contributed by atoms with Crippen molar-refractivity contribution in [2.45, 2.75) is 45.1 Å². The van der Waals surface area contributed by atoms with Crippen molar-refractivity contribution in [1.29, 1.82) is 0 Å². The molecule has 2 aliphatic rings. The lowest BCUT2D eigenvalue weighted by Gasteiger charge is -2.20. The molecule has 0 spiro atoms. The average Bonchev–Trinajstić information content (AvgIpc) is 3.25. The maximum absolute atomic E-state index is 12.2. The van der Waals surface area contributed by atoms with Gasteiger partial charge in [-0.2, -0.15) is 0 Å². The van der Waals surface area contributed by atoms with E-state index in [1.807, 2.05) is 23.6 Å². The molecule has 2 heterocycles. The number of nitrogens with zero attached hydrogens (tertiary/aromatic N) is 1. The van der Waals surface area contributed by atoms with Gasteiger partial charge in [0.15, 0.2) is 0 Å². The minimum atomic E-state index is 0.0385. The number of hydrogen-bond acceptors (Lipinski definition) is 4. The molecule has 1 aliphatic heterocycles. The van der Waals surface area contributed by atoms with Crippen LogP contribution in [0.4, 0.5) is 5.69 Å². The fraction of sp³-hybridized carbons (Fsp3) is 0.421. The largest absolute Gasteiger partial charge is 0.349 e. The monoisotopic (exact) mass is 355 g/mol. The van der Waals surface area contributed by atoms with E-state index >= 15 is 0 Å². The van der Waals surface area contributed by atoms with Crippen LogP contribution in [0.2, 0.25) is 0 Å². The molecular weight excluding hydrogens is 334 g/mol. The van der Waals surface area contributed by atoms with Gasteiger partial charge in [-0.05, 0) is 30.5 Å². The van der Waals surface area contributed by atoms with E-state index in [0.717, 1.165) is 53.2 Å². The highest BCUT2D eigenvalue weighted by Gasteiger charge is 2.21. The topological polar surface area (TPSA) is 71.1 Å². The van der Waals surface area contributed by atoms with E-state index < -0.39 is 0 Å². The quantitative estimate of drug-likeness (QED) is 0.882. The van der Waals surface area contributed by atoms with Gasteiger partial charge in [-0.15, -0.1) is 11.3 Å². The van der Waals surface area contributed by atoms with Gasteiger partial charge in [-0.3, -0.25) is 9.59 Å². The number of nitrogens with one attached hydrogen (secondary N) is 2. The fourth-order valence-corrected chi connectivity index (χ4v) is 4.33. The summed E-state index contributed by atoms with van der Waals surface area (Å²) < 4.78 is 0. The molecule has 1 aliphatic carbocycles. The Hall–Kier alpha value is -2.21. The van der Waals surface area contributed by atoms with Crippen molar-refractivity contribution in [3.63, 3.8) is 0 Å². The first-order valence-corrected chi connectivity index (χ1v) is 9.72. The van der Waals surface area contributed by atoms with Crippen LogP contribution >= 0.6 is 11.3 Å². The molecule has 6 heteroatoms. The summed E-state index contributed by atoms with van der Waals surface area (Å²) in [4.78, 5) is 28.3. The van der Waals surface area contributed by atoms with Crippen LogP contribution in [0, 0.1) is 5.92 Å². The van der Waals surface area contributed by atoms with E-state index in [9.17, 15) is 9.59 Å². The zero-order valence-corrected chi connectivity index (χ0v) is 14.8. The summed E-state index contributed by atoms with van der Waals surface area (Å²) in [6.45, 7) is 0.491. The van der Waals surface area contributed by atoms with E-state index in [2.05, 4.69) is 15.6 Å². The number of thiazole rings is 1. The predicted octanol–water partition coefficient (Wildman–Crippen LogP) is 3.50. The number of hydrogen-bond donors (Lipinski definition) is 2. The van der Waals surface area contributed by atoms with E-state index in [4.69, 9.17) is 0 Å². The molecule has 1 saturated carbocycles. The molecular formula is C19H21N3O2S. The number of aromatic nitrogens is 1. The maximum atomic E-state index is 12.2. The van der Waals surface area contributed by atoms with Gasteiger partial charge in [0.1, 0.15) is 5.01 Å². The third kappa shape index (κ3) is 3.58. The Kier molecular flexibility index (Phi) is 4.53. The lowest BCUT2D eigenvalue weighted by molar-refractivity contribution is -0.126. The van der Waals surface area contributed by atoms with Gasteiger partial charge < -0.3 is 10.6 Å². The Balaban J connectivity index is 1.40. The molecule has 5 nitrogen and oxygen atoms in total. The predicted molar refractivity (Wildman–Crippen MR) is 98.3 cm³/mol. The van der Waals surface area contributed by atoms with Crippen molar-refractivity contribution in [3.8, 4) is 11.3 Å². The van der Waals surface area contributed by atoms with Crippen LogP contribution in [-0.2, 0) is 22.6 Å². The van der Waals surface area contributed by atoms with Gasteiger partial charge in [-0.25, -0.2) is 4.98 Å². The van der Waals surface area contributed by atoms with E-state index in [1.165, 1.54) is 6.42 Å². The molecule has 1 aromatic carbocycles. The Morgan fingerprint density at radius 2 is 2.12 bits per heavy atom. The number of carbonyl (C=O) groups is 2. The second kappa shape index (κ2) is 6.96. The van der Waals surface area contributed by atoms with Crippen LogP contribution in [0.5, 0.6) is 0 Å². The summed E-state index contributed by atoms with van der Waals surface area (Å²) in [7, 11) is 0. The molecule has 2 N–H and O–H groups in total. The highest BCUT2D eigenvalue weighted by atomic mass is 32.1. The minimum absolute atomic E-state index is 0.0385. The highest BCUT2D eigenvalue weighted by molar-refractivity contribution is 7.09. The van der Waals surface area contributed by atoms with Crippen molar-refractivity contribution < 1.29 is 9.59 Å². The van der Waals surface area contributed by atoms with E-state index in [1.54, 1.807) is 11.3 Å². The third-order valence-corrected chi connectivity index (χ3v) is 5.82. The summed E-state index contributed by atoms with van der Waals surface area (Å²) in [6.07, 6.45) is 6.02. The fourth-order valence-electron chi connectivity index (χ4n) is 3.59. The first-order valence-electron chi connectivity index (χ1n) is 8.84. The summed E-state index contributed by atoms with van der Waals surface area (Å²) in [5.74, 6) is 0.380. The van der Waals surface area contributed by atoms with Crippen LogP contribution in [0.25, 0.3) is 11.3 Å². The molecule has 130 valence electrons. The second-order valence-corrected chi connectivity index (χ2v) is 7.72. The van der Waals surface area contributed by atoms with Crippen molar-refractivity contribution in [2.24, 2.45) is 5.92 Å². The molecule has 1 aromatic heterocycles. The Bertz CT molecular complexity index is 809. The average molecular weight is 355 g/mol.